The predicted octanol–water partition coefficient (Wildman–Crippen LogP) is 2.53. The second kappa shape index (κ2) is 7.79. The van der Waals surface area contributed by atoms with Gasteiger partial charge in [-0.2, -0.15) is 0 Å². The first kappa shape index (κ1) is 18.9. The minimum Gasteiger partial charge on any atom is -0.336 e. The fraction of sp³-hybridized carbons (Fsp3) is 0.529. The molecule has 0 bridgehead atoms. The minimum absolute atomic E-state index is 0.0615. The molecule has 2 N–H and O–H groups in total. The Kier molecular flexibility index (Phi) is 5.67. The molecule has 0 aromatic carbocycles. The average molecular weight is 395 g/mol. The van der Waals surface area contributed by atoms with E-state index < -0.39 is 0 Å². The highest BCUT2D eigenvalue weighted by atomic mass is 32.2. The van der Waals surface area contributed by atoms with E-state index in [0.717, 1.165) is 35.0 Å². The third-order valence-electron chi connectivity index (χ3n) is 4.58. The molecule has 1 aliphatic rings. The van der Waals surface area contributed by atoms with Crippen molar-refractivity contribution >= 4 is 45.3 Å². The molecule has 0 spiro atoms. The number of aromatic amines is 1. The lowest BCUT2D eigenvalue weighted by atomic mass is 9.98. The molecule has 3 heterocycles. The van der Waals surface area contributed by atoms with Crippen LogP contribution in [0.4, 0.5) is 4.79 Å². The molecule has 9 heteroatoms. The molecule has 3 rings (SSSR count). The van der Waals surface area contributed by atoms with E-state index in [1.54, 1.807) is 0 Å². The van der Waals surface area contributed by atoms with Crippen LogP contribution in [0.2, 0.25) is 0 Å². The van der Waals surface area contributed by atoms with Gasteiger partial charge in [-0.25, -0.2) is 9.78 Å². The summed E-state index contributed by atoms with van der Waals surface area (Å²) in [6.07, 6.45) is 1.92. The fourth-order valence-corrected chi connectivity index (χ4v) is 4.73. The maximum absolute atomic E-state index is 12.6. The fourth-order valence-electron chi connectivity index (χ4n) is 2.88. The van der Waals surface area contributed by atoms with Gasteiger partial charge in [-0.3, -0.25) is 14.5 Å². The Morgan fingerprint density at radius 1 is 1.42 bits per heavy atom. The van der Waals surface area contributed by atoms with Crippen molar-refractivity contribution in [3.05, 3.63) is 20.8 Å². The van der Waals surface area contributed by atoms with Crippen LogP contribution in [0.25, 0.3) is 10.2 Å². The first-order chi connectivity index (χ1) is 12.4. The van der Waals surface area contributed by atoms with Gasteiger partial charge in [0.2, 0.25) is 5.91 Å². The summed E-state index contributed by atoms with van der Waals surface area (Å²) in [5.74, 6) is 0.281. The lowest BCUT2D eigenvalue weighted by Gasteiger charge is -2.11. The van der Waals surface area contributed by atoms with Crippen LogP contribution in [0.3, 0.4) is 0 Å². The lowest BCUT2D eigenvalue weighted by molar-refractivity contribution is -0.124. The predicted molar refractivity (Wildman–Crippen MR) is 104 cm³/mol. The number of aryl methyl sites for hydroxylation is 1. The largest absolute Gasteiger partial charge is 0.336 e. The van der Waals surface area contributed by atoms with E-state index in [9.17, 15) is 14.4 Å². The number of hydrogen-bond donors (Lipinski definition) is 2. The maximum Gasteiger partial charge on any atom is 0.324 e. The smallest absolute Gasteiger partial charge is 0.324 e. The van der Waals surface area contributed by atoms with Crippen LogP contribution < -0.4 is 10.9 Å². The second-order valence-electron chi connectivity index (χ2n) is 6.47. The van der Waals surface area contributed by atoms with Crippen LogP contribution >= 0.6 is 23.1 Å². The molecule has 7 nitrogen and oxygen atoms in total. The van der Waals surface area contributed by atoms with Crippen molar-refractivity contribution in [1.82, 2.24) is 20.2 Å². The van der Waals surface area contributed by atoms with Gasteiger partial charge in [0.15, 0.2) is 5.16 Å². The van der Waals surface area contributed by atoms with E-state index in [-0.39, 0.29) is 23.3 Å². The van der Waals surface area contributed by atoms with Crippen LogP contribution in [0.5, 0.6) is 0 Å². The van der Waals surface area contributed by atoms with Crippen molar-refractivity contribution in [3.8, 4) is 0 Å². The number of imide groups is 1. The summed E-state index contributed by atoms with van der Waals surface area (Å²) < 4.78 is 0. The SMILES string of the molecule is CC[C@@H](C)Cc1c(C)sc2nc(SCC(=O)N3CCNC3=O)[nH]c(=O)c12. The van der Waals surface area contributed by atoms with Gasteiger partial charge in [0, 0.05) is 18.0 Å². The highest BCUT2D eigenvalue weighted by Crippen LogP contribution is 2.30. The summed E-state index contributed by atoms with van der Waals surface area (Å²) in [6, 6.07) is -0.365. The van der Waals surface area contributed by atoms with Crippen molar-refractivity contribution in [1.29, 1.82) is 0 Å². The molecule has 1 saturated heterocycles. The Balaban J connectivity index is 1.80. The Morgan fingerprint density at radius 3 is 2.85 bits per heavy atom. The molecule has 1 aliphatic heterocycles. The number of thiophene rings is 1. The molecule has 26 heavy (non-hydrogen) atoms. The molecule has 1 fully saturated rings. The Labute approximate surface area is 159 Å². The van der Waals surface area contributed by atoms with Crippen molar-refractivity contribution in [2.45, 2.75) is 38.8 Å². The number of rotatable bonds is 6. The number of H-pyrrole nitrogens is 1. The van der Waals surface area contributed by atoms with Crippen molar-refractivity contribution in [2.24, 2.45) is 5.92 Å². The van der Waals surface area contributed by atoms with E-state index in [0.29, 0.717) is 34.4 Å². The van der Waals surface area contributed by atoms with Gasteiger partial charge in [0.1, 0.15) is 4.83 Å². The highest BCUT2D eigenvalue weighted by Gasteiger charge is 2.26. The van der Waals surface area contributed by atoms with E-state index in [1.807, 2.05) is 6.92 Å². The number of nitrogens with one attached hydrogen (secondary N) is 2. The monoisotopic (exact) mass is 394 g/mol. The summed E-state index contributed by atoms with van der Waals surface area (Å²) in [7, 11) is 0. The molecule has 0 saturated carbocycles. The zero-order valence-corrected chi connectivity index (χ0v) is 16.7. The van der Waals surface area contributed by atoms with Crippen molar-refractivity contribution < 1.29 is 9.59 Å². The molecule has 0 unspecified atom stereocenters. The molecule has 2 aromatic rings. The molecule has 2 aromatic heterocycles. The molecular formula is C17H22N4O3S2. The van der Waals surface area contributed by atoms with Crippen LogP contribution in [-0.4, -0.2) is 45.6 Å². The highest BCUT2D eigenvalue weighted by molar-refractivity contribution is 7.99. The lowest BCUT2D eigenvalue weighted by Crippen LogP contribution is -2.35. The molecule has 1 atom stereocenters. The van der Waals surface area contributed by atoms with Gasteiger partial charge in [0.25, 0.3) is 5.56 Å². The first-order valence-corrected chi connectivity index (χ1v) is 10.4. The number of nitrogens with zero attached hydrogens (tertiary/aromatic N) is 2. The maximum atomic E-state index is 12.6. The standard InChI is InChI=1S/C17H22N4O3S2/c1-4-9(2)7-11-10(3)26-15-13(11)14(23)19-16(20-15)25-8-12(22)21-6-5-18-17(21)24/h9H,4-8H2,1-3H3,(H,18,24)(H,19,20,23)/t9-/m1/s1. The number of thioether (sulfide) groups is 1. The number of fused-ring (bicyclic) bond motifs is 1. The van der Waals surface area contributed by atoms with Gasteiger partial charge < -0.3 is 10.3 Å². The van der Waals surface area contributed by atoms with Gasteiger partial charge in [-0.15, -0.1) is 11.3 Å². The van der Waals surface area contributed by atoms with E-state index in [4.69, 9.17) is 0 Å². The van der Waals surface area contributed by atoms with Crippen molar-refractivity contribution in [2.75, 3.05) is 18.8 Å². The molecule has 0 radical (unpaired) electrons. The van der Waals surface area contributed by atoms with E-state index in [2.05, 4.69) is 29.1 Å². The van der Waals surface area contributed by atoms with Crippen LogP contribution in [0, 0.1) is 12.8 Å². The van der Waals surface area contributed by atoms with E-state index in [1.165, 1.54) is 16.2 Å². The van der Waals surface area contributed by atoms with Crippen LogP contribution in [0.1, 0.15) is 30.7 Å². The van der Waals surface area contributed by atoms with Gasteiger partial charge in [0.05, 0.1) is 11.1 Å². The third-order valence-corrected chi connectivity index (χ3v) is 6.48. The number of amides is 3. The molecule has 3 amide bonds. The quantitative estimate of drug-likeness (QED) is 0.580. The van der Waals surface area contributed by atoms with Crippen LogP contribution in [-0.2, 0) is 11.2 Å². The summed E-state index contributed by atoms with van der Waals surface area (Å²) >= 11 is 2.66. The topological polar surface area (TPSA) is 95.2 Å². The number of aromatic nitrogens is 2. The molecule has 0 aliphatic carbocycles. The summed E-state index contributed by atoms with van der Waals surface area (Å²) in [5.41, 5.74) is 0.918. The number of carbonyl (C=O) groups excluding carboxylic acids is 2. The average Bonchev–Trinajstić information content (AvgIpc) is 3.16. The molecule has 140 valence electrons. The zero-order valence-electron chi connectivity index (χ0n) is 15.0. The summed E-state index contributed by atoms with van der Waals surface area (Å²) in [4.78, 5) is 46.5. The minimum atomic E-state index is -0.365. The van der Waals surface area contributed by atoms with E-state index >= 15 is 0 Å². The number of urea groups is 1. The normalized spacial score (nSPS) is 15.5. The van der Waals surface area contributed by atoms with Gasteiger partial charge in [-0.1, -0.05) is 32.0 Å². The Bertz CT molecular complexity index is 905. The van der Waals surface area contributed by atoms with Crippen LogP contribution in [0.15, 0.2) is 9.95 Å². The summed E-state index contributed by atoms with van der Waals surface area (Å²) in [5, 5.41) is 3.67. The summed E-state index contributed by atoms with van der Waals surface area (Å²) in [6.45, 7) is 7.19. The zero-order chi connectivity index (χ0) is 18.8. The number of carbonyl (C=O) groups is 2. The Morgan fingerprint density at radius 2 is 2.19 bits per heavy atom. The molecular weight excluding hydrogens is 372 g/mol. The van der Waals surface area contributed by atoms with Gasteiger partial charge >= 0.3 is 6.03 Å². The van der Waals surface area contributed by atoms with Gasteiger partial charge in [-0.05, 0) is 24.8 Å². The Hall–Kier alpha value is -1.87. The second-order valence-corrected chi connectivity index (χ2v) is 8.64. The number of hydrogen-bond acceptors (Lipinski definition) is 6. The third kappa shape index (κ3) is 3.78. The van der Waals surface area contributed by atoms with Crippen molar-refractivity contribution in [3.63, 3.8) is 0 Å². The first-order valence-electron chi connectivity index (χ1n) is 8.64.